The van der Waals surface area contributed by atoms with E-state index in [9.17, 15) is 5.11 Å². The zero-order chi connectivity index (χ0) is 19.3. The third kappa shape index (κ3) is 5.10. The first-order valence-electron chi connectivity index (χ1n) is 10.9. The molecule has 2 aliphatic heterocycles. The standard InChI is InChI=1S/C23H33ClN2O2/c24-21-6-7-23-20(13-21)12-19(17-28-23)14-25-9-10-26(22(16-25)8-11-27)15-18-4-2-1-3-5-18/h6-7,12-13,18,22,27H,1-5,8-11,14-17H2/t22-/m0/s1. The van der Waals surface area contributed by atoms with Gasteiger partial charge in [0, 0.05) is 56.0 Å². The van der Waals surface area contributed by atoms with Gasteiger partial charge in [-0.15, -0.1) is 0 Å². The molecule has 28 heavy (non-hydrogen) atoms. The lowest BCUT2D eigenvalue weighted by Gasteiger charge is -2.43. The predicted octanol–water partition coefficient (Wildman–Crippen LogP) is 4.06. The molecule has 0 spiro atoms. The van der Waals surface area contributed by atoms with Gasteiger partial charge >= 0.3 is 0 Å². The summed E-state index contributed by atoms with van der Waals surface area (Å²) in [6.07, 6.45) is 10.1. The minimum atomic E-state index is 0.275. The summed E-state index contributed by atoms with van der Waals surface area (Å²) in [5.41, 5.74) is 2.38. The van der Waals surface area contributed by atoms with Gasteiger partial charge in [-0.05, 0) is 55.0 Å². The number of halogens is 1. The number of ether oxygens (including phenoxy) is 1. The van der Waals surface area contributed by atoms with E-state index in [0.29, 0.717) is 12.6 Å². The van der Waals surface area contributed by atoms with Crippen molar-refractivity contribution >= 4 is 17.7 Å². The maximum atomic E-state index is 9.60. The molecule has 5 heteroatoms. The number of fused-ring (bicyclic) bond motifs is 1. The van der Waals surface area contributed by atoms with Crippen molar-refractivity contribution in [3.8, 4) is 5.75 Å². The van der Waals surface area contributed by atoms with Crippen molar-refractivity contribution in [2.45, 2.75) is 44.6 Å². The van der Waals surface area contributed by atoms with Crippen LogP contribution in [0, 0.1) is 5.92 Å². The third-order valence-corrected chi connectivity index (χ3v) is 6.77. The molecule has 154 valence electrons. The van der Waals surface area contributed by atoms with Crippen LogP contribution in [0.4, 0.5) is 0 Å². The highest BCUT2D eigenvalue weighted by Gasteiger charge is 2.29. The lowest BCUT2D eigenvalue weighted by atomic mass is 9.88. The van der Waals surface area contributed by atoms with Crippen LogP contribution in [0.25, 0.3) is 6.08 Å². The molecule has 0 amide bonds. The van der Waals surface area contributed by atoms with E-state index in [0.717, 1.165) is 54.9 Å². The molecule has 1 atom stereocenters. The quantitative estimate of drug-likeness (QED) is 0.775. The Morgan fingerprint density at radius 1 is 1.14 bits per heavy atom. The Morgan fingerprint density at radius 2 is 2.00 bits per heavy atom. The van der Waals surface area contributed by atoms with E-state index in [4.69, 9.17) is 16.3 Å². The van der Waals surface area contributed by atoms with Crippen LogP contribution in [-0.4, -0.2) is 66.9 Å². The van der Waals surface area contributed by atoms with Gasteiger partial charge in [0.1, 0.15) is 12.4 Å². The van der Waals surface area contributed by atoms with Crippen molar-refractivity contribution in [1.82, 2.24) is 9.80 Å². The summed E-state index contributed by atoms with van der Waals surface area (Å²) < 4.78 is 5.92. The fourth-order valence-electron chi connectivity index (χ4n) is 5.04. The molecule has 1 N–H and O–H groups in total. The highest BCUT2D eigenvalue weighted by molar-refractivity contribution is 6.30. The second-order valence-electron chi connectivity index (χ2n) is 8.67. The maximum Gasteiger partial charge on any atom is 0.127 e. The highest BCUT2D eigenvalue weighted by atomic mass is 35.5. The average molecular weight is 405 g/mol. The molecule has 2 fully saturated rings. The first kappa shape index (κ1) is 20.2. The zero-order valence-electron chi connectivity index (χ0n) is 16.8. The van der Waals surface area contributed by atoms with E-state index in [-0.39, 0.29) is 6.61 Å². The molecule has 1 aromatic carbocycles. The van der Waals surface area contributed by atoms with Crippen molar-refractivity contribution in [3.63, 3.8) is 0 Å². The minimum absolute atomic E-state index is 0.275. The van der Waals surface area contributed by atoms with Crippen molar-refractivity contribution in [2.75, 3.05) is 45.9 Å². The van der Waals surface area contributed by atoms with Gasteiger partial charge in [0.25, 0.3) is 0 Å². The number of hydrogen-bond acceptors (Lipinski definition) is 4. The van der Waals surface area contributed by atoms with Gasteiger partial charge in [0.05, 0.1) is 0 Å². The van der Waals surface area contributed by atoms with Crippen LogP contribution in [0.5, 0.6) is 5.75 Å². The maximum absolute atomic E-state index is 9.60. The van der Waals surface area contributed by atoms with Crippen LogP contribution in [0.15, 0.2) is 23.8 Å². The van der Waals surface area contributed by atoms with Gasteiger partial charge in [-0.2, -0.15) is 0 Å². The van der Waals surface area contributed by atoms with Gasteiger partial charge in [-0.3, -0.25) is 9.80 Å². The topological polar surface area (TPSA) is 35.9 Å². The number of hydrogen-bond donors (Lipinski definition) is 1. The van der Waals surface area contributed by atoms with Crippen molar-refractivity contribution < 1.29 is 9.84 Å². The number of aliphatic hydroxyl groups is 1. The normalized spacial score (nSPS) is 24.5. The monoisotopic (exact) mass is 404 g/mol. The lowest BCUT2D eigenvalue weighted by molar-refractivity contribution is 0.0466. The van der Waals surface area contributed by atoms with E-state index in [1.165, 1.54) is 44.2 Å². The van der Waals surface area contributed by atoms with E-state index >= 15 is 0 Å². The summed E-state index contributed by atoms with van der Waals surface area (Å²) in [6, 6.07) is 6.27. The molecule has 1 saturated carbocycles. The molecular weight excluding hydrogens is 372 g/mol. The van der Waals surface area contributed by atoms with Gasteiger partial charge in [-0.1, -0.05) is 30.9 Å². The molecule has 3 aliphatic rings. The summed E-state index contributed by atoms with van der Waals surface area (Å²) in [5, 5.41) is 10.3. The molecule has 4 nitrogen and oxygen atoms in total. The molecule has 1 aromatic rings. The Morgan fingerprint density at radius 3 is 2.82 bits per heavy atom. The summed E-state index contributed by atoms with van der Waals surface area (Å²) in [5.74, 6) is 1.78. The number of rotatable bonds is 6. The number of benzene rings is 1. The average Bonchev–Trinajstić information content (AvgIpc) is 2.71. The SMILES string of the molecule is OCC[C@H]1CN(CC2=Cc3cc(Cl)ccc3OC2)CCN1CC1CCCCC1. The molecule has 0 radical (unpaired) electrons. The summed E-state index contributed by atoms with van der Waals surface area (Å²) in [4.78, 5) is 5.19. The Balaban J connectivity index is 1.36. The van der Waals surface area contributed by atoms with Crippen LogP contribution in [0.3, 0.4) is 0 Å². The Kier molecular flexibility index (Phi) is 6.94. The third-order valence-electron chi connectivity index (χ3n) is 6.54. The first-order chi connectivity index (χ1) is 13.7. The van der Waals surface area contributed by atoms with E-state index < -0.39 is 0 Å². The lowest BCUT2D eigenvalue weighted by Crippen LogP contribution is -2.55. The Hall–Kier alpha value is -1.07. The van der Waals surface area contributed by atoms with Crippen molar-refractivity contribution in [2.24, 2.45) is 5.92 Å². The van der Waals surface area contributed by atoms with E-state index in [1.807, 2.05) is 18.2 Å². The second-order valence-corrected chi connectivity index (χ2v) is 9.11. The predicted molar refractivity (Wildman–Crippen MR) is 115 cm³/mol. The van der Waals surface area contributed by atoms with Gasteiger partial charge in [0.2, 0.25) is 0 Å². The van der Waals surface area contributed by atoms with Crippen LogP contribution >= 0.6 is 11.6 Å². The summed E-state index contributed by atoms with van der Waals surface area (Å²) in [6.45, 7) is 6.32. The molecular formula is C23H33ClN2O2. The van der Waals surface area contributed by atoms with Gasteiger partial charge in [0.15, 0.2) is 0 Å². The van der Waals surface area contributed by atoms with Gasteiger partial charge < -0.3 is 9.84 Å². The molecule has 0 bridgehead atoms. The molecule has 1 aliphatic carbocycles. The van der Waals surface area contributed by atoms with Crippen LogP contribution in [0.1, 0.15) is 44.1 Å². The smallest absolute Gasteiger partial charge is 0.127 e. The number of aliphatic hydroxyl groups excluding tert-OH is 1. The molecule has 2 heterocycles. The van der Waals surface area contributed by atoms with Crippen LogP contribution in [0.2, 0.25) is 5.02 Å². The van der Waals surface area contributed by atoms with Crippen molar-refractivity contribution in [1.29, 1.82) is 0 Å². The van der Waals surface area contributed by atoms with Gasteiger partial charge in [-0.25, -0.2) is 0 Å². The minimum Gasteiger partial charge on any atom is -0.489 e. The Bertz CT molecular complexity index is 687. The first-order valence-corrected chi connectivity index (χ1v) is 11.3. The van der Waals surface area contributed by atoms with E-state index in [2.05, 4.69) is 15.9 Å². The largest absolute Gasteiger partial charge is 0.489 e. The number of nitrogens with zero attached hydrogens (tertiary/aromatic N) is 2. The molecule has 4 rings (SSSR count). The van der Waals surface area contributed by atoms with Crippen LogP contribution < -0.4 is 4.74 Å². The zero-order valence-corrected chi connectivity index (χ0v) is 17.5. The summed E-state index contributed by atoms with van der Waals surface area (Å²) in [7, 11) is 0. The second kappa shape index (κ2) is 9.62. The van der Waals surface area contributed by atoms with E-state index in [1.54, 1.807) is 0 Å². The molecule has 0 aromatic heterocycles. The summed E-state index contributed by atoms with van der Waals surface area (Å²) >= 11 is 6.14. The fourth-order valence-corrected chi connectivity index (χ4v) is 5.22. The fraction of sp³-hybridized carbons (Fsp3) is 0.652. The van der Waals surface area contributed by atoms with Crippen molar-refractivity contribution in [3.05, 3.63) is 34.4 Å². The molecule has 1 saturated heterocycles. The van der Waals surface area contributed by atoms with Crippen LogP contribution in [-0.2, 0) is 0 Å². The molecule has 0 unspecified atom stereocenters. The number of piperazine rings is 1. The Labute approximate surface area is 174 Å². The highest BCUT2D eigenvalue weighted by Crippen LogP contribution is 2.30.